The van der Waals surface area contributed by atoms with E-state index >= 15 is 0 Å². The minimum absolute atomic E-state index is 0.0686. The quantitative estimate of drug-likeness (QED) is 0.543. The summed E-state index contributed by atoms with van der Waals surface area (Å²) in [4.78, 5) is 26.3. The van der Waals surface area contributed by atoms with Crippen LogP contribution >= 0.6 is 23.8 Å². The van der Waals surface area contributed by atoms with Gasteiger partial charge in [-0.2, -0.15) is 0 Å². The molecule has 3 N–H and O–H groups in total. The highest BCUT2D eigenvalue weighted by Crippen LogP contribution is 2.25. The first-order chi connectivity index (χ1) is 12.9. The van der Waals surface area contributed by atoms with Gasteiger partial charge in [0.1, 0.15) is 0 Å². The van der Waals surface area contributed by atoms with Crippen molar-refractivity contribution in [2.24, 2.45) is 5.92 Å². The van der Waals surface area contributed by atoms with E-state index < -0.39 is 5.92 Å². The first kappa shape index (κ1) is 19.1. The van der Waals surface area contributed by atoms with E-state index in [0.29, 0.717) is 11.6 Å². The average Bonchev–Trinajstić information content (AvgIpc) is 3.04. The van der Waals surface area contributed by atoms with E-state index in [4.69, 9.17) is 23.8 Å². The molecule has 1 aliphatic rings. The van der Waals surface area contributed by atoms with Crippen LogP contribution in [0.5, 0.6) is 0 Å². The smallest absolute Gasteiger partial charge is 0.243 e. The molecular formula is C19H19ClN4O2S. The molecule has 2 amide bonds. The fraction of sp³-hybridized carbons (Fsp3) is 0.211. The van der Waals surface area contributed by atoms with E-state index in [9.17, 15) is 9.59 Å². The van der Waals surface area contributed by atoms with Crippen molar-refractivity contribution in [1.82, 2.24) is 10.9 Å². The predicted molar refractivity (Wildman–Crippen MR) is 111 cm³/mol. The lowest BCUT2D eigenvalue weighted by atomic mass is 10.1. The number of nitrogens with one attached hydrogen (secondary N) is 3. The highest BCUT2D eigenvalue weighted by molar-refractivity contribution is 7.80. The van der Waals surface area contributed by atoms with Crippen LogP contribution in [0.25, 0.3) is 0 Å². The number of amides is 2. The van der Waals surface area contributed by atoms with E-state index in [1.807, 2.05) is 31.2 Å². The number of thiocarbonyl (C=S) groups is 1. The Kier molecular flexibility index (Phi) is 5.93. The second-order valence-corrected chi connectivity index (χ2v) is 7.16. The van der Waals surface area contributed by atoms with Gasteiger partial charge in [0.2, 0.25) is 11.8 Å². The number of nitrogens with zero attached hydrogens (tertiary/aromatic N) is 1. The van der Waals surface area contributed by atoms with Gasteiger partial charge in [-0.3, -0.25) is 20.4 Å². The third kappa shape index (κ3) is 4.96. The number of carbonyl (C=O) groups excluding carboxylic acids is 2. The Morgan fingerprint density at radius 1 is 1.11 bits per heavy atom. The maximum absolute atomic E-state index is 12.4. The molecule has 1 saturated heterocycles. The van der Waals surface area contributed by atoms with E-state index in [-0.39, 0.29) is 23.3 Å². The lowest BCUT2D eigenvalue weighted by Crippen LogP contribution is -2.46. The van der Waals surface area contributed by atoms with Gasteiger partial charge < -0.3 is 10.2 Å². The van der Waals surface area contributed by atoms with Crippen molar-refractivity contribution in [3.8, 4) is 0 Å². The summed E-state index contributed by atoms with van der Waals surface area (Å²) < 4.78 is 0. The minimum Gasteiger partial charge on any atom is -0.331 e. The van der Waals surface area contributed by atoms with E-state index in [1.165, 1.54) is 0 Å². The summed E-state index contributed by atoms with van der Waals surface area (Å²) >= 11 is 11.0. The van der Waals surface area contributed by atoms with E-state index in [0.717, 1.165) is 16.9 Å². The van der Waals surface area contributed by atoms with Crippen LogP contribution in [0.1, 0.15) is 12.0 Å². The second kappa shape index (κ2) is 8.37. The first-order valence-corrected chi connectivity index (χ1v) is 9.20. The van der Waals surface area contributed by atoms with Crippen LogP contribution in [-0.4, -0.2) is 23.5 Å². The maximum Gasteiger partial charge on any atom is 0.243 e. The van der Waals surface area contributed by atoms with Gasteiger partial charge in [-0.25, -0.2) is 0 Å². The van der Waals surface area contributed by atoms with Crippen LogP contribution in [0.3, 0.4) is 0 Å². The topological polar surface area (TPSA) is 73.5 Å². The van der Waals surface area contributed by atoms with Crippen LogP contribution in [0.2, 0.25) is 5.02 Å². The number of anilines is 2. The summed E-state index contributed by atoms with van der Waals surface area (Å²) in [5.41, 5.74) is 7.88. The molecule has 0 aliphatic carbocycles. The molecule has 2 aromatic rings. The van der Waals surface area contributed by atoms with Gasteiger partial charge in [-0.1, -0.05) is 29.3 Å². The molecule has 8 heteroatoms. The molecule has 3 rings (SSSR count). The van der Waals surface area contributed by atoms with Gasteiger partial charge in [0.05, 0.1) is 5.92 Å². The lowest BCUT2D eigenvalue weighted by molar-refractivity contribution is -0.126. The number of rotatable bonds is 3. The highest BCUT2D eigenvalue weighted by Gasteiger charge is 2.35. The number of carbonyl (C=O) groups is 2. The molecule has 2 aromatic carbocycles. The van der Waals surface area contributed by atoms with Crippen molar-refractivity contribution >= 4 is 52.1 Å². The van der Waals surface area contributed by atoms with Gasteiger partial charge in [-0.15, -0.1) is 0 Å². The Hall–Kier alpha value is -2.64. The molecule has 27 heavy (non-hydrogen) atoms. The minimum atomic E-state index is -0.440. The van der Waals surface area contributed by atoms with Crippen LogP contribution in [0, 0.1) is 12.8 Å². The summed E-state index contributed by atoms with van der Waals surface area (Å²) in [5, 5.41) is 3.80. The Balaban J connectivity index is 1.51. The van der Waals surface area contributed by atoms with Crippen molar-refractivity contribution in [3.05, 3.63) is 59.1 Å². The second-order valence-electron chi connectivity index (χ2n) is 6.32. The third-order valence-corrected chi connectivity index (χ3v) is 4.70. The molecule has 1 atom stereocenters. The van der Waals surface area contributed by atoms with E-state index in [1.54, 1.807) is 29.2 Å². The highest BCUT2D eigenvalue weighted by atomic mass is 35.5. The number of hydrazine groups is 1. The van der Waals surface area contributed by atoms with Crippen molar-refractivity contribution < 1.29 is 9.59 Å². The average molecular weight is 403 g/mol. The molecular weight excluding hydrogens is 384 g/mol. The Morgan fingerprint density at radius 2 is 1.78 bits per heavy atom. The molecule has 0 radical (unpaired) electrons. The molecule has 0 aromatic heterocycles. The van der Waals surface area contributed by atoms with Gasteiger partial charge in [0.25, 0.3) is 0 Å². The number of hydrogen-bond donors (Lipinski definition) is 3. The number of halogens is 1. The van der Waals surface area contributed by atoms with Crippen LogP contribution in [0.15, 0.2) is 48.5 Å². The fourth-order valence-corrected chi connectivity index (χ4v) is 3.07. The van der Waals surface area contributed by atoms with E-state index in [2.05, 4.69) is 16.2 Å². The van der Waals surface area contributed by atoms with Crippen LogP contribution in [-0.2, 0) is 9.59 Å². The van der Waals surface area contributed by atoms with Crippen LogP contribution < -0.4 is 21.1 Å². The zero-order chi connectivity index (χ0) is 19.4. The third-order valence-electron chi connectivity index (χ3n) is 4.24. The lowest BCUT2D eigenvalue weighted by Gasteiger charge is -2.17. The zero-order valence-corrected chi connectivity index (χ0v) is 16.2. The predicted octanol–water partition coefficient (Wildman–Crippen LogP) is 3.02. The molecule has 1 aliphatic heterocycles. The SMILES string of the molecule is Cc1ccc(N2C[C@@H](C(=O)NNC(=S)Nc3ccc(Cl)cc3)CC2=O)cc1. The number of benzene rings is 2. The molecule has 0 saturated carbocycles. The van der Waals surface area contributed by atoms with Gasteiger partial charge in [0, 0.05) is 29.4 Å². The number of hydrogen-bond acceptors (Lipinski definition) is 3. The molecule has 1 heterocycles. The Morgan fingerprint density at radius 3 is 2.44 bits per heavy atom. The fourth-order valence-electron chi connectivity index (χ4n) is 2.77. The van der Waals surface area contributed by atoms with Crippen molar-refractivity contribution in [1.29, 1.82) is 0 Å². The normalized spacial score (nSPS) is 16.1. The van der Waals surface area contributed by atoms with Crippen LogP contribution in [0.4, 0.5) is 11.4 Å². The molecule has 1 fully saturated rings. The summed E-state index contributed by atoms with van der Waals surface area (Å²) in [6.45, 7) is 2.32. The molecule has 6 nitrogen and oxygen atoms in total. The molecule has 140 valence electrons. The Bertz CT molecular complexity index is 855. The van der Waals surface area contributed by atoms with Crippen molar-refractivity contribution in [2.45, 2.75) is 13.3 Å². The summed E-state index contributed by atoms with van der Waals surface area (Å²) in [7, 11) is 0. The summed E-state index contributed by atoms with van der Waals surface area (Å²) in [5.74, 6) is -0.788. The van der Waals surface area contributed by atoms with Crippen molar-refractivity contribution in [2.75, 3.05) is 16.8 Å². The molecule has 0 bridgehead atoms. The zero-order valence-electron chi connectivity index (χ0n) is 14.7. The summed E-state index contributed by atoms with van der Waals surface area (Å²) in [6, 6.07) is 14.7. The van der Waals surface area contributed by atoms with Gasteiger partial charge in [-0.05, 0) is 55.5 Å². The maximum atomic E-state index is 12.4. The Labute approximate surface area is 167 Å². The number of aryl methyl sites for hydroxylation is 1. The standard InChI is InChI=1S/C19H19ClN4O2S/c1-12-2-8-16(9-3-12)24-11-13(10-17(24)25)18(26)22-23-19(27)21-15-6-4-14(20)5-7-15/h2-9,13H,10-11H2,1H3,(H,22,26)(H2,21,23,27)/t13-/m0/s1. The molecule has 0 unspecified atom stereocenters. The largest absolute Gasteiger partial charge is 0.331 e. The first-order valence-electron chi connectivity index (χ1n) is 8.42. The van der Waals surface area contributed by atoms with Gasteiger partial charge >= 0.3 is 0 Å². The van der Waals surface area contributed by atoms with Crippen molar-refractivity contribution in [3.63, 3.8) is 0 Å². The summed E-state index contributed by atoms with van der Waals surface area (Å²) in [6.07, 6.45) is 0.165. The molecule has 0 spiro atoms. The van der Waals surface area contributed by atoms with Gasteiger partial charge in [0.15, 0.2) is 5.11 Å². The monoisotopic (exact) mass is 402 g/mol.